The molecular formula is C12H36Si4Ti. The van der Waals surface area contributed by atoms with Crippen molar-refractivity contribution in [2.75, 3.05) is 0 Å². The molecule has 0 bridgehead atoms. The van der Waals surface area contributed by atoms with E-state index in [1.165, 1.54) is 0 Å². The fourth-order valence-corrected chi connectivity index (χ4v) is 0. The van der Waals surface area contributed by atoms with E-state index >= 15 is 0 Å². The van der Waals surface area contributed by atoms with Gasteiger partial charge in [-0.05, 0) is 0 Å². The van der Waals surface area contributed by atoms with Gasteiger partial charge in [0.25, 0.3) is 0 Å². The Balaban J connectivity index is -0.0000000369. The zero-order valence-corrected chi connectivity index (χ0v) is 20.1. The Hall–Kier alpha value is 1.58. The van der Waals surface area contributed by atoms with Crippen LogP contribution in [0.25, 0.3) is 0 Å². The van der Waals surface area contributed by atoms with Gasteiger partial charge in [0.2, 0.25) is 0 Å². The average molecular weight is 341 g/mol. The van der Waals surface area contributed by atoms with Crippen LogP contribution in [0.5, 0.6) is 0 Å². The molecule has 0 fully saturated rings. The van der Waals surface area contributed by atoms with E-state index in [-0.39, 0.29) is 56.9 Å². The molecule has 0 spiro atoms. The van der Waals surface area contributed by atoms with E-state index in [1.54, 1.807) is 0 Å². The van der Waals surface area contributed by atoms with Crippen molar-refractivity contribution in [1.82, 2.24) is 0 Å². The largest absolute Gasteiger partial charge is 0.0715 e. The maximum Gasteiger partial charge on any atom is 0.0379 e. The van der Waals surface area contributed by atoms with Crippen molar-refractivity contribution in [3.8, 4) is 0 Å². The molecule has 0 atom stereocenters. The average Bonchev–Trinajstić information content (AvgIpc) is 1.76. The van der Waals surface area contributed by atoms with Gasteiger partial charge in [-0.3, -0.25) is 0 Å². The molecule has 0 aromatic heterocycles. The molecule has 0 heterocycles. The van der Waals surface area contributed by atoms with Gasteiger partial charge in [0.1, 0.15) is 0 Å². The molecule has 0 rings (SSSR count). The Bertz CT molecular complexity index is 61.5. The third-order valence-corrected chi connectivity index (χ3v) is 0. The summed E-state index contributed by atoms with van der Waals surface area (Å²) in [5.41, 5.74) is 0. The standard InChI is InChI=1S/4C3H9Si.Ti/c4*1-4(2)3;/h4*1-3H3;. The molecule has 0 aliphatic heterocycles. The summed E-state index contributed by atoms with van der Waals surface area (Å²) in [4.78, 5) is 0. The maximum absolute atomic E-state index is 2.27. The summed E-state index contributed by atoms with van der Waals surface area (Å²) in [6, 6.07) is 0. The smallest absolute Gasteiger partial charge is 0.0379 e. The van der Waals surface area contributed by atoms with Gasteiger partial charge in [-0.25, -0.2) is 0 Å². The first-order valence-corrected chi connectivity index (χ1v) is 18.0. The first-order chi connectivity index (χ1) is 6.93. The van der Waals surface area contributed by atoms with Crippen LogP contribution >= 0.6 is 0 Å². The molecule has 4 radical (unpaired) electrons. The van der Waals surface area contributed by atoms with Crippen LogP contribution in [0.15, 0.2) is 0 Å². The van der Waals surface area contributed by atoms with Crippen LogP contribution in [-0.4, -0.2) is 35.2 Å². The van der Waals surface area contributed by atoms with Crippen molar-refractivity contribution in [3.63, 3.8) is 0 Å². The van der Waals surface area contributed by atoms with E-state index in [1.807, 2.05) is 0 Å². The molecule has 104 valence electrons. The molecule has 0 nitrogen and oxygen atoms in total. The maximum atomic E-state index is 2.27. The second-order valence-electron chi connectivity index (χ2n) is 6.00. The van der Waals surface area contributed by atoms with Crippen LogP contribution < -0.4 is 0 Å². The Kier molecular flexibility index (Phi) is 48.0. The van der Waals surface area contributed by atoms with E-state index in [2.05, 4.69) is 78.6 Å². The van der Waals surface area contributed by atoms with Gasteiger partial charge in [-0.2, -0.15) is 0 Å². The summed E-state index contributed by atoms with van der Waals surface area (Å²) in [7, 11) is 0.481. The molecule has 0 amide bonds. The number of hydrogen-bond donors (Lipinski definition) is 0. The molecule has 0 aromatic carbocycles. The van der Waals surface area contributed by atoms with E-state index in [9.17, 15) is 0 Å². The molecule has 5 heteroatoms. The molecule has 0 saturated carbocycles. The van der Waals surface area contributed by atoms with Crippen LogP contribution in [0.4, 0.5) is 0 Å². The van der Waals surface area contributed by atoms with Gasteiger partial charge in [-0.1, -0.05) is 78.6 Å². The summed E-state index contributed by atoms with van der Waals surface area (Å²) in [6.07, 6.45) is 0. The normalized spacial score (nSPS) is 8.47. The quantitative estimate of drug-likeness (QED) is 0.512. The van der Waals surface area contributed by atoms with Gasteiger partial charge in [0, 0.05) is 56.9 Å². The fraction of sp³-hybridized carbons (Fsp3) is 1.00. The van der Waals surface area contributed by atoms with Crippen LogP contribution in [0, 0.1) is 0 Å². The predicted octanol–water partition coefficient (Wildman–Crippen LogP) is 5.48. The Morgan fingerprint density at radius 2 is 0.294 bits per heavy atom. The van der Waals surface area contributed by atoms with E-state index in [4.69, 9.17) is 0 Å². The minimum atomic E-state index is 0. The van der Waals surface area contributed by atoms with Crippen LogP contribution in [-0.2, 0) is 21.7 Å². The van der Waals surface area contributed by atoms with Gasteiger partial charge < -0.3 is 0 Å². The zero-order chi connectivity index (χ0) is 14.3. The summed E-state index contributed by atoms with van der Waals surface area (Å²) < 4.78 is 0. The predicted molar refractivity (Wildman–Crippen MR) is 93.4 cm³/mol. The van der Waals surface area contributed by atoms with Crippen molar-refractivity contribution in [3.05, 3.63) is 0 Å². The van der Waals surface area contributed by atoms with Crippen molar-refractivity contribution in [2.24, 2.45) is 0 Å². The monoisotopic (exact) mass is 340 g/mol. The number of hydrogen-bond acceptors (Lipinski definition) is 0. The molecular weight excluding hydrogens is 304 g/mol. The van der Waals surface area contributed by atoms with Gasteiger partial charge >= 0.3 is 0 Å². The molecule has 0 saturated heterocycles. The summed E-state index contributed by atoms with van der Waals surface area (Å²) >= 11 is 0. The van der Waals surface area contributed by atoms with Crippen molar-refractivity contribution >= 4 is 35.2 Å². The van der Waals surface area contributed by atoms with Gasteiger partial charge in [0.05, 0.1) is 0 Å². The molecule has 0 aromatic rings. The fourth-order valence-electron chi connectivity index (χ4n) is 0. The SMILES string of the molecule is C[Si](C)C.C[Si](C)C.C[Si](C)C.C[Si](C)C.[Ti]. The van der Waals surface area contributed by atoms with E-state index in [0.29, 0.717) is 0 Å². The van der Waals surface area contributed by atoms with E-state index < -0.39 is 0 Å². The zero-order valence-electron chi connectivity index (χ0n) is 14.5. The van der Waals surface area contributed by atoms with Gasteiger partial charge in [-0.15, -0.1) is 0 Å². The van der Waals surface area contributed by atoms with Crippen molar-refractivity contribution in [1.29, 1.82) is 0 Å². The third-order valence-electron chi connectivity index (χ3n) is 0. The minimum absolute atomic E-state index is 0. The van der Waals surface area contributed by atoms with Crippen molar-refractivity contribution in [2.45, 2.75) is 78.6 Å². The second-order valence-corrected chi connectivity index (χ2v) is 18.0. The summed E-state index contributed by atoms with van der Waals surface area (Å²) in [5, 5.41) is 0. The Labute approximate surface area is 135 Å². The molecule has 0 aliphatic carbocycles. The van der Waals surface area contributed by atoms with Crippen molar-refractivity contribution < 1.29 is 21.7 Å². The van der Waals surface area contributed by atoms with E-state index in [0.717, 1.165) is 0 Å². The first-order valence-electron chi connectivity index (χ1n) is 6.00. The second kappa shape index (κ2) is 26.2. The number of rotatable bonds is 0. The topological polar surface area (TPSA) is 0 Å². The molecule has 0 unspecified atom stereocenters. The third kappa shape index (κ3) is 1710. The van der Waals surface area contributed by atoms with Gasteiger partial charge in [0.15, 0.2) is 0 Å². The molecule has 0 aliphatic rings. The molecule has 0 N–H and O–H groups in total. The van der Waals surface area contributed by atoms with Crippen LogP contribution in [0.1, 0.15) is 0 Å². The summed E-state index contributed by atoms with van der Waals surface area (Å²) in [6.45, 7) is 27.2. The minimum Gasteiger partial charge on any atom is -0.0715 e. The Morgan fingerprint density at radius 3 is 0.294 bits per heavy atom. The molecule has 17 heavy (non-hydrogen) atoms. The Morgan fingerprint density at radius 1 is 0.294 bits per heavy atom. The van der Waals surface area contributed by atoms with Crippen LogP contribution in [0.2, 0.25) is 78.6 Å². The first kappa shape index (κ1) is 31.1. The summed E-state index contributed by atoms with van der Waals surface area (Å²) in [5.74, 6) is 0. The van der Waals surface area contributed by atoms with Crippen LogP contribution in [0.3, 0.4) is 0 Å².